The molecule has 21 heavy (non-hydrogen) atoms. The summed E-state index contributed by atoms with van der Waals surface area (Å²) in [6.45, 7) is 4.16. The predicted octanol–water partition coefficient (Wildman–Crippen LogP) is 3.46. The lowest BCUT2D eigenvalue weighted by atomic mass is 10.0. The van der Waals surface area contributed by atoms with Crippen LogP contribution in [-0.4, -0.2) is 24.9 Å². The second-order valence-electron chi connectivity index (χ2n) is 6.26. The van der Waals surface area contributed by atoms with Gasteiger partial charge < -0.3 is 10.5 Å². The molecule has 0 aromatic heterocycles. The first-order valence-corrected chi connectivity index (χ1v) is 8.51. The fraction of sp³-hybridized carbons (Fsp3) is 0.588. The first kappa shape index (κ1) is 16.4. The molecule has 4 heteroatoms. The maximum Gasteiger partial charge on any atom is 0.306 e. The minimum absolute atomic E-state index is 0.0886. The summed E-state index contributed by atoms with van der Waals surface area (Å²) in [5.74, 6) is 0.878. The summed E-state index contributed by atoms with van der Waals surface area (Å²) in [7, 11) is 1.46. The van der Waals surface area contributed by atoms with E-state index in [1.54, 1.807) is 0 Å². The highest BCUT2D eigenvalue weighted by Crippen LogP contribution is 2.53. The van der Waals surface area contributed by atoms with Crippen LogP contribution < -0.4 is 5.73 Å². The second-order valence-corrected chi connectivity index (χ2v) is 7.39. The fourth-order valence-corrected chi connectivity index (χ4v) is 4.16. The number of aryl methyl sites for hydroxylation is 1. The normalized spacial score (nSPS) is 18.9. The summed E-state index contributed by atoms with van der Waals surface area (Å²) >= 11 is 1.88. The molecular weight excluding hydrogens is 282 g/mol. The van der Waals surface area contributed by atoms with E-state index in [0.717, 1.165) is 18.6 Å². The van der Waals surface area contributed by atoms with Crippen molar-refractivity contribution in [2.45, 2.75) is 44.4 Å². The smallest absolute Gasteiger partial charge is 0.306 e. The van der Waals surface area contributed by atoms with Gasteiger partial charge in [0.2, 0.25) is 0 Å². The van der Waals surface area contributed by atoms with E-state index in [9.17, 15) is 4.79 Å². The molecule has 1 aliphatic rings. The highest BCUT2D eigenvalue weighted by atomic mass is 32.2. The molecule has 2 N–H and O–H groups in total. The molecule has 0 bridgehead atoms. The molecule has 3 nitrogen and oxygen atoms in total. The van der Waals surface area contributed by atoms with Crippen LogP contribution >= 0.6 is 11.8 Å². The van der Waals surface area contributed by atoms with Gasteiger partial charge in [0.05, 0.1) is 13.5 Å². The maximum absolute atomic E-state index is 11.5. The van der Waals surface area contributed by atoms with Crippen LogP contribution in [0.3, 0.4) is 0 Å². The molecule has 1 aliphatic carbocycles. The molecule has 1 aromatic carbocycles. The zero-order chi connectivity index (χ0) is 15.5. The number of carbonyl (C=O) groups excluding carboxylic acids is 1. The number of nitrogens with two attached hydrogens (primary N) is 1. The van der Waals surface area contributed by atoms with Gasteiger partial charge in [0, 0.05) is 17.0 Å². The van der Waals surface area contributed by atoms with Crippen molar-refractivity contribution >= 4 is 17.7 Å². The minimum atomic E-state index is -0.0963. The zero-order valence-electron chi connectivity index (χ0n) is 13.1. The van der Waals surface area contributed by atoms with Gasteiger partial charge in [-0.2, -0.15) is 11.8 Å². The minimum Gasteiger partial charge on any atom is -0.469 e. The molecule has 1 saturated carbocycles. The van der Waals surface area contributed by atoms with Crippen molar-refractivity contribution in [2.75, 3.05) is 12.9 Å². The van der Waals surface area contributed by atoms with Gasteiger partial charge in [-0.15, -0.1) is 0 Å². The summed E-state index contributed by atoms with van der Waals surface area (Å²) in [4.78, 5) is 11.5. The summed E-state index contributed by atoms with van der Waals surface area (Å²) in [6.07, 6.45) is 2.78. The van der Waals surface area contributed by atoms with Crippen LogP contribution in [0.4, 0.5) is 0 Å². The summed E-state index contributed by atoms with van der Waals surface area (Å²) in [5.41, 5.74) is 8.87. The molecule has 116 valence electrons. The third-order valence-electron chi connectivity index (χ3n) is 4.12. The van der Waals surface area contributed by atoms with Gasteiger partial charge in [0.25, 0.3) is 0 Å². The number of esters is 1. The van der Waals surface area contributed by atoms with Gasteiger partial charge in [-0.25, -0.2) is 0 Å². The SMILES string of the molecule is COC(=O)CC1(CSC(c2cccc(C)c2)C(C)N)CC1. The fourth-order valence-electron chi connectivity index (χ4n) is 2.59. The van der Waals surface area contributed by atoms with E-state index in [4.69, 9.17) is 10.5 Å². The number of carbonyl (C=O) groups is 1. The molecule has 1 aromatic rings. The van der Waals surface area contributed by atoms with Gasteiger partial charge in [-0.05, 0) is 37.7 Å². The first-order valence-electron chi connectivity index (χ1n) is 7.46. The van der Waals surface area contributed by atoms with Crippen molar-refractivity contribution < 1.29 is 9.53 Å². The highest BCUT2D eigenvalue weighted by Gasteiger charge is 2.45. The number of benzene rings is 1. The van der Waals surface area contributed by atoms with Crippen molar-refractivity contribution in [2.24, 2.45) is 11.1 Å². The maximum atomic E-state index is 11.5. The Bertz CT molecular complexity index is 497. The molecule has 2 rings (SSSR count). The number of rotatable bonds is 7. The lowest BCUT2D eigenvalue weighted by molar-refractivity contribution is -0.141. The van der Waals surface area contributed by atoms with Gasteiger partial charge >= 0.3 is 5.97 Å². The van der Waals surface area contributed by atoms with E-state index in [1.807, 2.05) is 11.8 Å². The first-order chi connectivity index (χ1) is 9.96. The van der Waals surface area contributed by atoms with Crippen molar-refractivity contribution in [3.8, 4) is 0 Å². The second kappa shape index (κ2) is 6.84. The Balaban J connectivity index is 2.00. The van der Waals surface area contributed by atoms with Gasteiger partial charge in [-0.3, -0.25) is 4.79 Å². The van der Waals surface area contributed by atoms with E-state index >= 15 is 0 Å². The van der Waals surface area contributed by atoms with Crippen molar-refractivity contribution in [3.05, 3.63) is 35.4 Å². The lowest BCUT2D eigenvalue weighted by Crippen LogP contribution is -2.24. The molecule has 0 amide bonds. The predicted molar refractivity (Wildman–Crippen MR) is 88.3 cm³/mol. The van der Waals surface area contributed by atoms with Crippen LogP contribution in [0.5, 0.6) is 0 Å². The number of methoxy groups -OCH3 is 1. The molecule has 0 aliphatic heterocycles. The molecule has 0 saturated heterocycles. The Morgan fingerprint density at radius 3 is 2.71 bits per heavy atom. The number of hydrogen-bond acceptors (Lipinski definition) is 4. The van der Waals surface area contributed by atoms with Crippen LogP contribution in [0.15, 0.2) is 24.3 Å². The van der Waals surface area contributed by atoms with E-state index < -0.39 is 0 Å². The van der Waals surface area contributed by atoms with Gasteiger partial charge in [0.1, 0.15) is 0 Å². The third kappa shape index (κ3) is 4.48. The molecule has 2 unspecified atom stereocenters. The average Bonchev–Trinajstić information content (AvgIpc) is 3.18. The molecule has 0 radical (unpaired) electrons. The largest absolute Gasteiger partial charge is 0.469 e. The summed E-state index contributed by atoms with van der Waals surface area (Å²) in [5, 5.41) is 0.278. The standard InChI is InChI=1S/C17H25NO2S/c1-12-5-4-6-14(9-12)16(13(2)18)21-11-17(7-8-17)10-15(19)20-3/h4-6,9,13,16H,7-8,10-11,18H2,1-3H3. The zero-order valence-corrected chi connectivity index (χ0v) is 13.9. The van der Waals surface area contributed by atoms with Crippen molar-refractivity contribution in [3.63, 3.8) is 0 Å². The molecule has 0 spiro atoms. The molecular formula is C17H25NO2S. The average molecular weight is 307 g/mol. The van der Waals surface area contributed by atoms with Gasteiger partial charge in [0.15, 0.2) is 0 Å². The van der Waals surface area contributed by atoms with Crippen LogP contribution in [0.2, 0.25) is 0 Å². The topological polar surface area (TPSA) is 52.3 Å². The number of hydrogen-bond donors (Lipinski definition) is 1. The van der Waals surface area contributed by atoms with Crippen LogP contribution in [0, 0.1) is 12.3 Å². The summed E-state index contributed by atoms with van der Waals surface area (Å²) < 4.78 is 4.81. The van der Waals surface area contributed by atoms with E-state index in [-0.39, 0.29) is 22.7 Å². The van der Waals surface area contributed by atoms with Crippen LogP contribution in [0.1, 0.15) is 42.6 Å². The Morgan fingerprint density at radius 1 is 1.48 bits per heavy atom. The van der Waals surface area contributed by atoms with Gasteiger partial charge in [-0.1, -0.05) is 29.8 Å². The molecule has 2 atom stereocenters. The Kier molecular flexibility index (Phi) is 5.33. The Hall–Kier alpha value is -1.00. The number of thioether (sulfide) groups is 1. The lowest BCUT2D eigenvalue weighted by Gasteiger charge is -2.24. The molecule has 0 heterocycles. The van der Waals surface area contributed by atoms with E-state index in [2.05, 4.69) is 38.1 Å². The van der Waals surface area contributed by atoms with Crippen molar-refractivity contribution in [1.29, 1.82) is 0 Å². The van der Waals surface area contributed by atoms with E-state index in [0.29, 0.717) is 6.42 Å². The monoisotopic (exact) mass is 307 g/mol. The Labute approximate surface area is 131 Å². The number of ether oxygens (including phenoxy) is 1. The highest BCUT2D eigenvalue weighted by molar-refractivity contribution is 7.99. The Morgan fingerprint density at radius 2 is 2.19 bits per heavy atom. The quantitative estimate of drug-likeness (QED) is 0.784. The van der Waals surface area contributed by atoms with Crippen LogP contribution in [0.25, 0.3) is 0 Å². The molecule has 1 fully saturated rings. The summed E-state index contributed by atoms with van der Waals surface area (Å²) in [6, 6.07) is 8.63. The van der Waals surface area contributed by atoms with Crippen molar-refractivity contribution in [1.82, 2.24) is 0 Å². The van der Waals surface area contributed by atoms with E-state index in [1.165, 1.54) is 18.2 Å². The third-order valence-corrected chi connectivity index (χ3v) is 5.96. The van der Waals surface area contributed by atoms with Crippen LogP contribution in [-0.2, 0) is 9.53 Å².